The zero-order valence-corrected chi connectivity index (χ0v) is 13.6. The Bertz CT molecular complexity index is 430. The molecule has 112 valence electrons. The van der Waals surface area contributed by atoms with Gasteiger partial charge in [0.15, 0.2) is 0 Å². The van der Waals surface area contributed by atoms with Gasteiger partial charge in [-0.3, -0.25) is 11.3 Å². The fourth-order valence-electron chi connectivity index (χ4n) is 3.28. The molecular formula is C16H24BrFN2. The van der Waals surface area contributed by atoms with E-state index in [0.717, 1.165) is 16.0 Å². The lowest BCUT2D eigenvalue weighted by Crippen LogP contribution is -2.43. The first kappa shape index (κ1) is 15.9. The summed E-state index contributed by atoms with van der Waals surface area (Å²) in [5, 5.41) is 0. The number of benzene rings is 1. The summed E-state index contributed by atoms with van der Waals surface area (Å²) in [6, 6.07) is 5.43. The largest absolute Gasteiger partial charge is 0.271 e. The van der Waals surface area contributed by atoms with Crippen LogP contribution in [0.3, 0.4) is 0 Å². The number of nitrogens with one attached hydrogen (secondary N) is 1. The number of halogens is 2. The summed E-state index contributed by atoms with van der Waals surface area (Å²) < 4.78 is 14.7. The van der Waals surface area contributed by atoms with E-state index in [4.69, 9.17) is 5.84 Å². The van der Waals surface area contributed by atoms with Crippen molar-refractivity contribution in [2.75, 3.05) is 0 Å². The van der Waals surface area contributed by atoms with Gasteiger partial charge in [0.2, 0.25) is 0 Å². The fourth-order valence-corrected chi connectivity index (χ4v) is 3.62. The van der Waals surface area contributed by atoms with E-state index in [2.05, 4.69) is 28.3 Å². The normalized spacial score (nSPS) is 24.6. The molecule has 0 saturated heterocycles. The Balaban J connectivity index is 1.98. The van der Waals surface area contributed by atoms with Crippen LogP contribution in [0.2, 0.25) is 0 Å². The Hall–Kier alpha value is -0.450. The van der Waals surface area contributed by atoms with E-state index in [1.165, 1.54) is 38.2 Å². The average Bonchev–Trinajstić information content (AvgIpc) is 2.47. The Morgan fingerprint density at radius 2 is 2.05 bits per heavy atom. The molecule has 0 heterocycles. The van der Waals surface area contributed by atoms with Crippen LogP contribution >= 0.6 is 15.9 Å². The van der Waals surface area contributed by atoms with Crippen molar-refractivity contribution in [1.82, 2.24) is 5.43 Å². The standard InChI is InChI=1S/C16H24BrFN2/c1-2-11-3-5-12(6-4-11)16(20-19)9-13-7-8-14(17)10-15(13)18/h7-8,10-12,16,20H,2-6,9,19H2,1H3. The highest BCUT2D eigenvalue weighted by molar-refractivity contribution is 9.10. The third-order valence-corrected chi connectivity index (χ3v) is 5.20. The Morgan fingerprint density at radius 1 is 1.35 bits per heavy atom. The van der Waals surface area contributed by atoms with Crippen molar-refractivity contribution in [3.05, 3.63) is 34.1 Å². The van der Waals surface area contributed by atoms with Crippen molar-refractivity contribution in [3.63, 3.8) is 0 Å². The molecule has 0 bridgehead atoms. The van der Waals surface area contributed by atoms with Crippen molar-refractivity contribution in [2.24, 2.45) is 17.7 Å². The molecule has 1 unspecified atom stereocenters. The zero-order valence-electron chi connectivity index (χ0n) is 12.0. The van der Waals surface area contributed by atoms with Crippen molar-refractivity contribution >= 4 is 15.9 Å². The highest BCUT2D eigenvalue weighted by Crippen LogP contribution is 2.33. The zero-order chi connectivity index (χ0) is 14.5. The molecule has 20 heavy (non-hydrogen) atoms. The van der Waals surface area contributed by atoms with Gasteiger partial charge in [0.1, 0.15) is 5.82 Å². The smallest absolute Gasteiger partial charge is 0.127 e. The minimum absolute atomic E-state index is 0.151. The number of hydrogen-bond acceptors (Lipinski definition) is 2. The van der Waals surface area contributed by atoms with Gasteiger partial charge in [0.25, 0.3) is 0 Å². The van der Waals surface area contributed by atoms with E-state index >= 15 is 0 Å². The van der Waals surface area contributed by atoms with Gasteiger partial charge in [-0.05, 0) is 48.8 Å². The number of rotatable bonds is 5. The van der Waals surface area contributed by atoms with Gasteiger partial charge in [-0.1, -0.05) is 48.2 Å². The Kier molecular flexibility index (Phi) is 6.00. The van der Waals surface area contributed by atoms with Crippen LogP contribution in [0.4, 0.5) is 4.39 Å². The van der Waals surface area contributed by atoms with E-state index in [1.54, 1.807) is 0 Å². The molecule has 1 aliphatic carbocycles. The molecule has 4 heteroatoms. The van der Waals surface area contributed by atoms with Gasteiger partial charge in [-0.15, -0.1) is 0 Å². The van der Waals surface area contributed by atoms with Gasteiger partial charge in [0, 0.05) is 10.5 Å². The minimum atomic E-state index is -0.151. The van der Waals surface area contributed by atoms with Crippen LogP contribution in [0.1, 0.15) is 44.6 Å². The van der Waals surface area contributed by atoms with E-state index in [0.29, 0.717) is 12.3 Å². The monoisotopic (exact) mass is 342 g/mol. The maximum absolute atomic E-state index is 13.9. The SMILES string of the molecule is CCC1CCC(C(Cc2ccc(Br)cc2F)NN)CC1. The Labute approximate surface area is 129 Å². The summed E-state index contributed by atoms with van der Waals surface area (Å²) in [5.74, 6) is 7.00. The summed E-state index contributed by atoms with van der Waals surface area (Å²) in [6.07, 6.45) is 6.90. The van der Waals surface area contributed by atoms with Crippen molar-refractivity contribution in [3.8, 4) is 0 Å². The maximum Gasteiger partial charge on any atom is 0.127 e. The molecule has 1 aromatic rings. The summed E-state index contributed by atoms with van der Waals surface area (Å²) >= 11 is 3.29. The van der Waals surface area contributed by atoms with E-state index in [-0.39, 0.29) is 11.9 Å². The highest BCUT2D eigenvalue weighted by atomic mass is 79.9. The van der Waals surface area contributed by atoms with E-state index < -0.39 is 0 Å². The van der Waals surface area contributed by atoms with Crippen LogP contribution in [0.25, 0.3) is 0 Å². The Morgan fingerprint density at radius 3 is 2.60 bits per heavy atom. The van der Waals surface area contributed by atoms with Gasteiger partial charge in [0.05, 0.1) is 0 Å². The summed E-state index contributed by atoms with van der Waals surface area (Å²) in [7, 11) is 0. The molecule has 1 atom stereocenters. The van der Waals surface area contributed by atoms with Gasteiger partial charge < -0.3 is 0 Å². The maximum atomic E-state index is 13.9. The first-order valence-corrected chi connectivity index (χ1v) is 8.33. The predicted molar refractivity (Wildman–Crippen MR) is 84.7 cm³/mol. The van der Waals surface area contributed by atoms with Crippen LogP contribution in [-0.4, -0.2) is 6.04 Å². The summed E-state index contributed by atoms with van der Waals surface area (Å²) in [5.41, 5.74) is 3.66. The van der Waals surface area contributed by atoms with E-state index in [9.17, 15) is 4.39 Å². The summed E-state index contributed by atoms with van der Waals surface area (Å²) in [4.78, 5) is 0. The van der Waals surface area contributed by atoms with Crippen LogP contribution in [-0.2, 0) is 6.42 Å². The molecule has 0 radical (unpaired) electrons. The van der Waals surface area contributed by atoms with Crippen LogP contribution in [0, 0.1) is 17.7 Å². The molecular weight excluding hydrogens is 319 g/mol. The lowest BCUT2D eigenvalue weighted by molar-refractivity contribution is 0.216. The molecule has 0 amide bonds. The van der Waals surface area contributed by atoms with Gasteiger partial charge >= 0.3 is 0 Å². The molecule has 0 spiro atoms. The van der Waals surface area contributed by atoms with Crippen molar-refractivity contribution in [1.29, 1.82) is 0 Å². The van der Waals surface area contributed by atoms with Crippen molar-refractivity contribution < 1.29 is 4.39 Å². The highest BCUT2D eigenvalue weighted by Gasteiger charge is 2.27. The number of nitrogens with two attached hydrogens (primary N) is 1. The third kappa shape index (κ3) is 4.03. The first-order valence-electron chi connectivity index (χ1n) is 7.54. The lowest BCUT2D eigenvalue weighted by Gasteiger charge is -2.33. The van der Waals surface area contributed by atoms with Crippen LogP contribution < -0.4 is 11.3 Å². The molecule has 3 N–H and O–H groups in total. The summed E-state index contributed by atoms with van der Waals surface area (Å²) in [6.45, 7) is 2.26. The van der Waals surface area contributed by atoms with Crippen LogP contribution in [0.15, 0.2) is 22.7 Å². The number of hydrazine groups is 1. The third-order valence-electron chi connectivity index (χ3n) is 4.71. The minimum Gasteiger partial charge on any atom is -0.271 e. The van der Waals surface area contributed by atoms with E-state index in [1.807, 2.05) is 12.1 Å². The molecule has 0 aromatic heterocycles. The first-order chi connectivity index (χ1) is 9.63. The second kappa shape index (κ2) is 7.53. The lowest BCUT2D eigenvalue weighted by atomic mass is 9.76. The molecule has 2 nitrogen and oxygen atoms in total. The van der Waals surface area contributed by atoms with Crippen LogP contribution in [0.5, 0.6) is 0 Å². The fraction of sp³-hybridized carbons (Fsp3) is 0.625. The van der Waals surface area contributed by atoms with Crippen molar-refractivity contribution in [2.45, 2.75) is 51.5 Å². The van der Waals surface area contributed by atoms with Gasteiger partial charge in [-0.25, -0.2) is 4.39 Å². The second-order valence-electron chi connectivity index (χ2n) is 5.90. The molecule has 1 fully saturated rings. The molecule has 2 rings (SSSR count). The molecule has 1 aliphatic rings. The topological polar surface area (TPSA) is 38.0 Å². The predicted octanol–water partition coefficient (Wildman–Crippen LogP) is 4.18. The molecule has 1 saturated carbocycles. The van der Waals surface area contributed by atoms with Gasteiger partial charge in [-0.2, -0.15) is 0 Å². The molecule has 1 aromatic carbocycles. The second-order valence-corrected chi connectivity index (χ2v) is 6.82. The number of hydrogen-bond donors (Lipinski definition) is 2. The molecule has 0 aliphatic heterocycles. The quantitative estimate of drug-likeness (QED) is 0.622. The average molecular weight is 343 g/mol.